The van der Waals surface area contributed by atoms with Crippen LogP contribution in [0.3, 0.4) is 0 Å². The zero-order valence-electron chi connectivity index (χ0n) is 9.80. The summed E-state index contributed by atoms with van der Waals surface area (Å²) in [5, 5.41) is 3.09. The summed E-state index contributed by atoms with van der Waals surface area (Å²) in [6, 6.07) is 2.72. The van der Waals surface area contributed by atoms with Crippen LogP contribution in [-0.4, -0.2) is 22.3 Å². The maximum Gasteiger partial charge on any atom is 0.143 e. The molecule has 0 aromatic heterocycles. The summed E-state index contributed by atoms with van der Waals surface area (Å²) in [6.45, 7) is 1.93. The van der Waals surface area contributed by atoms with Crippen LogP contribution >= 0.6 is 11.6 Å². The summed E-state index contributed by atoms with van der Waals surface area (Å²) >= 11 is 5.60. The third kappa shape index (κ3) is 4.52. The Bertz CT molecular complexity index is 428. The van der Waals surface area contributed by atoms with Crippen LogP contribution in [0.2, 0.25) is 5.02 Å². The highest BCUT2D eigenvalue weighted by atomic mass is 35.5. The molecule has 2 atom stereocenters. The largest absolute Gasteiger partial charge is 0.397 e. The van der Waals surface area contributed by atoms with E-state index in [1.165, 1.54) is 12.1 Å². The van der Waals surface area contributed by atoms with Crippen LogP contribution < -0.4 is 11.1 Å². The molecule has 0 radical (unpaired) electrons. The topological polar surface area (TPSA) is 55.1 Å². The molecule has 0 fully saturated rings. The monoisotopic (exact) mass is 278 g/mol. The second-order valence-corrected chi connectivity index (χ2v) is 5.93. The summed E-state index contributed by atoms with van der Waals surface area (Å²) in [5.74, 6) is 0.0964. The van der Waals surface area contributed by atoms with Crippen molar-refractivity contribution >= 4 is 33.8 Å². The molecule has 6 heteroatoms. The van der Waals surface area contributed by atoms with Crippen molar-refractivity contribution in [2.75, 3.05) is 23.1 Å². The zero-order valence-corrected chi connectivity index (χ0v) is 11.4. The average molecular weight is 279 g/mol. The number of benzene rings is 1. The van der Waals surface area contributed by atoms with E-state index < -0.39 is 16.6 Å². The van der Waals surface area contributed by atoms with Gasteiger partial charge in [-0.1, -0.05) is 11.6 Å². The van der Waals surface area contributed by atoms with E-state index in [0.717, 1.165) is 6.42 Å². The van der Waals surface area contributed by atoms with Crippen LogP contribution in [0, 0.1) is 5.82 Å². The predicted octanol–water partition coefficient (Wildman–Crippen LogP) is 2.63. The number of halogens is 2. The van der Waals surface area contributed by atoms with Crippen molar-refractivity contribution < 1.29 is 8.60 Å². The van der Waals surface area contributed by atoms with Crippen molar-refractivity contribution in [2.24, 2.45) is 0 Å². The number of nitrogen functional groups attached to an aromatic ring is 1. The van der Waals surface area contributed by atoms with Gasteiger partial charge in [0.2, 0.25) is 0 Å². The zero-order chi connectivity index (χ0) is 13.0. The van der Waals surface area contributed by atoms with E-state index in [1.807, 2.05) is 6.92 Å². The van der Waals surface area contributed by atoms with Crippen molar-refractivity contribution in [1.82, 2.24) is 0 Å². The van der Waals surface area contributed by atoms with Crippen LogP contribution in [0.15, 0.2) is 12.1 Å². The Hall–Kier alpha value is -0.810. The minimum atomic E-state index is -0.824. The summed E-state index contributed by atoms with van der Waals surface area (Å²) in [4.78, 5) is 0. The van der Waals surface area contributed by atoms with Crippen LogP contribution in [0.1, 0.15) is 13.3 Å². The fourth-order valence-electron chi connectivity index (χ4n) is 1.37. The number of nitrogens with one attached hydrogen (secondary N) is 1. The van der Waals surface area contributed by atoms with Gasteiger partial charge in [-0.3, -0.25) is 4.21 Å². The van der Waals surface area contributed by atoms with Crippen molar-refractivity contribution in [3.8, 4) is 0 Å². The molecule has 0 aliphatic carbocycles. The van der Waals surface area contributed by atoms with Gasteiger partial charge in [-0.2, -0.15) is 0 Å². The quantitative estimate of drug-likeness (QED) is 0.814. The van der Waals surface area contributed by atoms with Crippen molar-refractivity contribution in [2.45, 2.75) is 19.4 Å². The molecule has 0 heterocycles. The molecule has 1 aromatic carbocycles. The Morgan fingerprint density at radius 1 is 1.59 bits per heavy atom. The normalized spacial score (nSPS) is 14.4. The molecule has 0 aliphatic heterocycles. The van der Waals surface area contributed by atoms with E-state index in [1.54, 1.807) is 6.26 Å². The van der Waals surface area contributed by atoms with Crippen LogP contribution in [0.5, 0.6) is 0 Å². The second-order valence-electron chi connectivity index (χ2n) is 3.96. The van der Waals surface area contributed by atoms with E-state index in [0.29, 0.717) is 17.1 Å². The highest BCUT2D eigenvalue weighted by Gasteiger charge is 2.09. The lowest BCUT2D eigenvalue weighted by Gasteiger charge is -2.16. The molecule has 2 unspecified atom stereocenters. The molecule has 0 saturated carbocycles. The van der Waals surface area contributed by atoms with Crippen LogP contribution in [-0.2, 0) is 10.8 Å². The first-order valence-corrected chi connectivity index (χ1v) is 7.31. The van der Waals surface area contributed by atoms with Gasteiger partial charge in [-0.25, -0.2) is 4.39 Å². The fraction of sp³-hybridized carbons (Fsp3) is 0.455. The first kappa shape index (κ1) is 14.3. The highest BCUT2D eigenvalue weighted by Crippen LogP contribution is 2.26. The van der Waals surface area contributed by atoms with Gasteiger partial charge in [0.25, 0.3) is 0 Å². The third-order valence-corrected chi connectivity index (χ3v) is 3.43. The maximum absolute atomic E-state index is 13.2. The maximum atomic E-state index is 13.2. The minimum absolute atomic E-state index is 0.00960. The predicted molar refractivity (Wildman–Crippen MR) is 72.5 cm³/mol. The average Bonchev–Trinajstić information content (AvgIpc) is 2.23. The minimum Gasteiger partial charge on any atom is -0.397 e. The molecule has 0 bridgehead atoms. The lowest BCUT2D eigenvalue weighted by Crippen LogP contribution is -2.18. The van der Waals surface area contributed by atoms with Gasteiger partial charge in [0.1, 0.15) is 5.82 Å². The first-order chi connectivity index (χ1) is 7.90. The van der Waals surface area contributed by atoms with E-state index in [2.05, 4.69) is 5.32 Å². The molecule has 1 aromatic rings. The summed E-state index contributed by atoms with van der Waals surface area (Å²) in [6.07, 6.45) is 2.38. The van der Waals surface area contributed by atoms with Gasteiger partial charge in [0, 0.05) is 34.9 Å². The standard InChI is InChI=1S/C11H16ClFN2OS/c1-7(3-4-17(2)16)15-11-6-9(13)8(12)5-10(11)14/h5-7,15H,3-4,14H2,1-2H3. The Labute approximate surface area is 108 Å². The lowest BCUT2D eigenvalue weighted by molar-refractivity contribution is 0.628. The number of hydrogen-bond donors (Lipinski definition) is 2. The lowest BCUT2D eigenvalue weighted by atomic mass is 10.2. The molecule has 3 N–H and O–H groups in total. The summed E-state index contributed by atoms with van der Waals surface area (Å²) in [7, 11) is -0.824. The van der Waals surface area contributed by atoms with Crippen LogP contribution in [0.4, 0.5) is 15.8 Å². The van der Waals surface area contributed by atoms with Crippen molar-refractivity contribution in [1.29, 1.82) is 0 Å². The third-order valence-electron chi connectivity index (χ3n) is 2.33. The Morgan fingerprint density at radius 2 is 2.24 bits per heavy atom. The highest BCUT2D eigenvalue weighted by molar-refractivity contribution is 7.84. The Balaban J connectivity index is 2.68. The summed E-state index contributed by atoms with van der Waals surface area (Å²) in [5.41, 5.74) is 6.64. The Kier molecular flexibility index (Phi) is 5.21. The SMILES string of the molecule is CC(CCS(C)=O)Nc1cc(F)c(Cl)cc1N. The molecule has 0 saturated heterocycles. The fourth-order valence-corrected chi connectivity index (χ4v) is 2.23. The van der Waals surface area contributed by atoms with Gasteiger partial charge in [0.05, 0.1) is 16.4 Å². The number of rotatable bonds is 5. The number of hydrogen-bond acceptors (Lipinski definition) is 3. The molecular formula is C11H16ClFN2OS. The molecule has 0 amide bonds. The smallest absolute Gasteiger partial charge is 0.143 e. The van der Waals surface area contributed by atoms with E-state index in [4.69, 9.17) is 17.3 Å². The molecule has 3 nitrogen and oxygen atoms in total. The number of anilines is 2. The molecule has 1 rings (SSSR count). The Morgan fingerprint density at radius 3 is 2.82 bits per heavy atom. The number of nitrogens with two attached hydrogens (primary N) is 1. The van der Waals surface area contributed by atoms with E-state index in [9.17, 15) is 8.60 Å². The second kappa shape index (κ2) is 6.21. The van der Waals surface area contributed by atoms with Crippen LogP contribution in [0.25, 0.3) is 0 Å². The van der Waals surface area contributed by atoms with Gasteiger partial charge < -0.3 is 11.1 Å². The van der Waals surface area contributed by atoms with Gasteiger partial charge in [-0.15, -0.1) is 0 Å². The van der Waals surface area contributed by atoms with E-state index in [-0.39, 0.29) is 11.1 Å². The molecule has 0 spiro atoms. The summed E-state index contributed by atoms with van der Waals surface area (Å²) < 4.78 is 24.2. The van der Waals surface area contributed by atoms with Crippen molar-refractivity contribution in [3.63, 3.8) is 0 Å². The molecule has 96 valence electrons. The molecular weight excluding hydrogens is 263 g/mol. The van der Waals surface area contributed by atoms with Gasteiger partial charge >= 0.3 is 0 Å². The molecule has 0 aliphatic rings. The first-order valence-electron chi connectivity index (χ1n) is 5.21. The van der Waals surface area contributed by atoms with Gasteiger partial charge in [0.15, 0.2) is 0 Å². The molecule has 17 heavy (non-hydrogen) atoms. The van der Waals surface area contributed by atoms with Crippen molar-refractivity contribution in [3.05, 3.63) is 23.0 Å². The van der Waals surface area contributed by atoms with E-state index >= 15 is 0 Å². The van der Waals surface area contributed by atoms with Gasteiger partial charge in [-0.05, 0) is 19.4 Å².